The molecule has 6 nitrogen and oxygen atoms in total. The number of nitrogens with zero attached hydrogens (tertiary/aromatic N) is 2. The summed E-state index contributed by atoms with van der Waals surface area (Å²) in [5.74, 6) is -0.256. The van der Waals surface area contributed by atoms with Gasteiger partial charge in [-0.25, -0.2) is 0 Å². The minimum atomic E-state index is -0.398. The van der Waals surface area contributed by atoms with E-state index >= 15 is 0 Å². The van der Waals surface area contributed by atoms with Crippen LogP contribution in [0.1, 0.15) is 18.3 Å². The standard InChI is InChI=1S/C13H22N2O4/c1-3-15-10(2)8-12(18)13(19)11(15)9-14(4-6-16)5-7-17/h8,16-17,19H,3-7,9H2,1-2H3. The third-order valence-electron chi connectivity index (χ3n) is 3.12. The van der Waals surface area contributed by atoms with Crippen molar-refractivity contribution in [2.75, 3.05) is 26.3 Å². The number of aliphatic hydroxyl groups is 2. The Morgan fingerprint density at radius 2 is 1.84 bits per heavy atom. The van der Waals surface area contributed by atoms with Crippen molar-refractivity contribution in [1.82, 2.24) is 9.47 Å². The van der Waals surface area contributed by atoms with Crippen LogP contribution in [-0.4, -0.2) is 51.1 Å². The van der Waals surface area contributed by atoms with Gasteiger partial charge in [-0.1, -0.05) is 0 Å². The summed E-state index contributed by atoms with van der Waals surface area (Å²) in [7, 11) is 0. The highest BCUT2D eigenvalue weighted by Gasteiger charge is 2.15. The maximum Gasteiger partial charge on any atom is 0.223 e. The first-order chi connectivity index (χ1) is 9.04. The summed E-state index contributed by atoms with van der Waals surface area (Å²) in [6.45, 7) is 5.39. The lowest BCUT2D eigenvalue weighted by Crippen LogP contribution is -2.31. The molecule has 0 atom stereocenters. The molecule has 0 spiro atoms. The van der Waals surface area contributed by atoms with Gasteiger partial charge < -0.3 is 19.9 Å². The molecule has 0 bridgehead atoms. The normalized spacial score (nSPS) is 11.2. The van der Waals surface area contributed by atoms with Crippen LogP contribution < -0.4 is 5.43 Å². The first kappa shape index (κ1) is 15.7. The second-order valence-corrected chi connectivity index (χ2v) is 4.41. The van der Waals surface area contributed by atoms with Crippen molar-refractivity contribution in [3.05, 3.63) is 27.7 Å². The zero-order valence-electron chi connectivity index (χ0n) is 11.5. The first-order valence-electron chi connectivity index (χ1n) is 6.41. The van der Waals surface area contributed by atoms with Crippen molar-refractivity contribution in [1.29, 1.82) is 0 Å². The lowest BCUT2D eigenvalue weighted by Gasteiger charge is -2.24. The Morgan fingerprint density at radius 1 is 1.26 bits per heavy atom. The monoisotopic (exact) mass is 270 g/mol. The number of hydrogen-bond donors (Lipinski definition) is 3. The third-order valence-corrected chi connectivity index (χ3v) is 3.12. The molecule has 0 aromatic carbocycles. The minimum Gasteiger partial charge on any atom is -0.503 e. The number of aliphatic hydroxyl groups excluding tert-OH is 2. The predicted molar refractivity (Wildman–Crippen MR) is 72.2 cm³/mol. The molecule has 1 aromatic heterocycles. The highest BCUT2D eigenvalue weighted by Crippen LogP contribution is 2.16. The SMILES string of the molecule is CCn1c(C)cc(=O)c(O)c1CN(CCO)CCO. The van der Waals surface area contributed by atoms with Crippen LogP contribution in [0.25, 0.3) is 0 Å². The Balaban J connectivity index is 3.13. The molecule has 108 valence electrons. The topological polar surface area (TPSA) is 85.9 Å². The van der Waals surface area contributed by atoms with Gasteiger partial charge in [0.1, 0.15) is 0 Å². The fraction of sp³-hybridized carbons (Fsp3) is 0.615. The van der Waals surface area contributed by atoms with Gasteiger partial charge in [-0.3, -0.25) is 9.69 Å². The number of rotatable bonds is 7. The summed E-state index contributed by atoms with van der Waals surface area (Å²) in [6, 6.07) is 1.41. The van der Waals surface area contributed by atoms with Crippen LogP contribution in [0.5, 0.6) is 5.75 Å². The number of aryl methyl sites for hydroxylation is 1. The lowest BCUT2D eigenvalue weighted by molar-refractivity contribution is 0.152. The van der Waals surface area contributed by atoms with Gasteiger partial charge in [0.05, 0.1) is 18.9 Å². The van der Waals surface area contributed by atoms with E-state index in [9.17, 15) is 9.90 Å². The van der Waals surface area contributed by atoms with Crippen molar-refractivity contribution in [3.8, 4) is 5.75 Å². The Bertz CT molecular complexity index is 464. The van der Waals surface area contributed by atoms with Gasteiger partial charge in [0.15, 0.2) is 5.75 Å². The van der Waals surface area contributed by atoms with Gasteiger partial charge in [-0.2, -0.15) is 0 Å². The van der Waals surface area contributed by atoms with E-state index in [-0.39, 0.29) is 19.0 Å². The maximum absolute atomic E-state index is 11.6. The van der Waals surface area contributed by atoms with Crippen LogP contribution in [0.4, 0.5) is 0 Å². The highest BCUT2D eigenvalue weighted by molar-refractivity contribution is 5.29. The van der Waals surface area contributed by atoms with E-state index < -0.39 is 5.43 Å². The van der Waals surface area contributed by atoms with Crippen molar-refractivity contribution < 1.29 is 15.3 Å². The van der Waals surface area contributed by atoms with Crippen LogP contribution in [0.2, 0.25) is 0 Å². The van der Waals surface area contributed by atoms with E-state index in [1.165, 1.54) is 6.07 Å². The van der Waals surface area contributed by atoms with Crippen LogP contribution in [0, 0.1) is 6.92 Å². The number of aromatic hydroxyl groups is 1. The fourth-order valence-electron chi connectivity index (χ4n) is 2.18. The summed E-state index contributed by atoms with van der Waals surface area (Å²) in [5.41, 5.74) is 0.910. The van der Waals surface area contributed by atoms with E-state index in [2.05, 4.69) is 0 Å². The number of aromatic nitrogens is 1. The van der Waals surface area contributed by atoms with E-state index in [1.54, 1.807) is 4.90 Å². The quantitative estimate of drug-likeness (QED) is 0.631. The lowest BCUT2D eigenvalue weighted by atomic mass is 10.2. The summed E-state index contributed by atoms with van der Waals surface area (Å²) >= 11 is 0. The first-order valence-corrected chi connectivity index (χ1v) is 6.41. The predicted octanol–water partition coefficient (Wildman–Crippen LogP) is -0.331. The second-order valence-electron chi connectivity index (χ2n) is 4.41. The van der Waals surface area contributed by atoms with E-state index in [0.717, 1.165) is 5.69 Å². The van der Waals surface area contributed by atoms with E-state index in [1.807, 2.05) is 18.4 Å². The van der Waals surface area contributed by atoms with Crippen molar-refractivity contribution >= 4 is 0 Å². The van der Waals surface area contributed by atoms with Gasteiger partial charge >= 0.3 is 0 Å². The highest BCUT2D eigenvalue weighted by atomic mass is 16.3. The molecule has 0 aliphatic heterocycles. The van der Waals surface area contributed by atoms with Crippen LogP contribution in [0.15, 0.2) is 10.9 Å². The molecule has 0 aliphatic rings. The molecule has 1 heterocycles. The van der Waals surface area contributed by atoms with Gasteiger partial charge in [0.25, 0.3) is 0 Å². The molecule has 0 radical (unpaired) electrons. The molecule has 1 rings (SSSR count). The average molecular weight is 270 g/mol. The van der Waals surface area contributed by atoms with Gasteiger partial charge in [-0.05, 0) is 13.8 Å². The Labute approximate surface area is 112 Å². The Morgan fingerprint density at radius 3 is 2.32 bits per heavy atom. The van der Waals surface area contributed by atoms with Crippen molar-refractivity contribution in [2.45, 2.75) is 26.9 Å². The molecular formula is C13H22N2O4. The summed E-state index contributed by atoms with van der Waals surface area (Å²) < 4.78 is 1.86. The second kappa shape index (κ2) is 7.28. The summed E-state index contributed by atoms with van der Waals surface area (Å²) in [6.07, 6.45) is 0. The van der Waals surface area contributed by atoms with Gasteiger partial charge in [0.2, 0.25) is 5.43 Å². The van der Waals surface area contributed by atoms with Gasteiger partial charge in [0, 0.05) is 37.9 Å². The zero-order chi connectivity index (χ0) is 14.4. The van der Waals surface area contributed by atoms with Crippen LogP contribution in [-0.2, 0) is 13.1 Å². The molecule has 0 fully saturated rings. The third kappa shape index (κ3) is 3.79. The smallest absolute Gasteiger partial charge is 0.223 e. The molecule has 0 aliphatic carbocycles. The minimum absolute atomic E-state index is 0.0388. The summed E-state index contributed by atoms with van der Waals surface area (Å²) in [4.78, 5) is 13.4. The number of hydrogen-bond acceptors (Lipinski definition) is 5. The largest absolute Gasteiger partial charge is 0.503 e. The summed E-state index contributed by atoms with van der Waals surface area (Å²) in [5, 5.41) is 27.9. The Hall–Kier alpha value is -1.37. The molecule has 1 aromatic rings. The molecule has 3 N–H and O–H groups in total. The van der Waals surface area contributed by atoms with Crippen molar-refractivity contribution in [2.24, 2.45) is 0 Å². The van der Waals surface area contributed by atoms with E-state index in [0.29, 0.717) is 31.9 Å². The maximum atomic E-state index is 11.6. The molecule has 19 heavy (non-hydrogen) atoms. The van der Waals surface area contributed by atoms with E-state index in [4.69, 9.17) is 10.2 Å². The van der Waals surface area contributed by atoms with Crippen LogP contribution in [0.3, 0.4) is 0 Å². The Kier molecular flexibility index (Phi) is 6.01. The average Bonchev–Trinajstić information content (AvgIpc) is 2.36. The van der Waals surface area contributed by atoms with Crippen molar-refractivity contribution in [3.63, 3.8) is 0 Å². The molecular weight excluding hydrogens is 248 g/mol. The fourth-order valence-corrected chi connectivity index (χ4v) is 2.18. The van der Waals surface area contributed by atoms with Gasteiger partial charge in [-0.15, -0.1) is 0 Å². The molecule has 0 saturated heterocycles. The molecule has 0 unspecified atom stereocenters. The van der Waals surface area contributed by atoms with Crippen LogP contribution >= 0.6 is 0 Å². The molecule has 0 saturated carbocycles. The molecule has 0 amide bonds. The zero-order valence-corrected chi connectivity index (χ0v) is 11.5. The number of pyridine rings is 1. The molecule has 6 heteroatoms.